The third-order valence-electron chi connectivity index (χ3n) is 2.28. The SMILES string of the molecule is CCCCCCn1ncc([N+](=O)[O-])c1N. The summed E-state index contributed by atoms with van der Waals surface area (Å²) in [6.45, 7) is 2.78. The van der Waals surface area contributed by atoms with E-state index in [2.05, 4.69) is 12.0 Å². The van der Waals surface area contributed by atoms with Crippen LogP contribution in [0.4, 0.5) is 11.5 Å². The van der Waals surface area contributed by atoms with E-state index >= 15 is 0 Å². The number of anilines is 1. The maximum atomic E-state index is 10.5. The normalized spacial score (nSPS) is 10.5. The molecule has 1 heterocycles. The Balaban J connectivity index is 2.51. The number of nitro groups is 1. The highest BCUT2D eigenvalue weighted by atomic mass is 16.6. The fourth-order valence-electron chi connectivity index (χ4n) is 1.39. The van der Waals surface area contributed by atoms with Crippen LogP contribution in [0.5, 0.6) is 0 Å². The number of aromatic nitrogens is 2. The van der Waals surface area contributed by atoms with Gasteiger partial charge >= 0.3 is 5.69 Å². The van der Waals surface area contributed by atoms with Gasteiger partial charge in [0.05, 0.1) is 4.92 Å². The molecule has 6 heteroatoms. The average molecular weight is 212 g/mol. The molecule has 0 aliphatic rings. The molecule has 0 aromatic carbocycles. The summed E-state index contributed by atoms with van der Waals surface area (Å²) in [5.74, 6) is 0.150. The van der Waals surface area contributed by atoms with Crippen molar-refractivity contribution >= 4 is 11.5 Å². The van der Waals surface area contributed by atoms with Gasteiger partial charge in [0.25, 0.3) is 0 Å². The molecule has 0 atom stereocenters. The van der Waals surface area contributed by atoms with Crippen LogP contribution in [0.15, 0.2) is 6.20 Å². The fourth-order valence-corrected chi connectivity index (χ4v) is 1.39. The summed E-state index contributed by atoms with van der Waals surface area (Å²) in [5.41, 5.74) is 5.47. The molecule has 0 saturated heterocycles. The van der Waals surface area contributed by atoms with Gasteiger partial charge in [-0.25, -0.2) is 4.68 Å². The Morgan fingerprint density at radius 2 is 2.27 bits per heavy atom. The van der Waals surface area contributed by atoms with E-state index in [1.54, 1.807) is 0 Å². The van der Waals surface area contributed by atoms with E-state index in [1.165, 1.54) is 17.3 Å². The maximum absolute atomic E-state index is 10.5. The van der Waals surface area contributed by atoms with Crippen molar-refractivity contribution in [1.82, 2.24) is 9.78 Å². The monoisotopic (exact) mass is 212 g/mol. The quantitative estimate of drug-likeness (QED) is 0.443. The molecule has 1 aromatic heterocycles. The predicted molar refractivity (Wildman–Crippen MR) is 57.4 cm³/mol. The lowest BCUT2D eigenvalue weighted by Gasteiger charge is -2.02. The molecule has 2 N–H and O–H groups in total. The van der Waals surface area contributed by atoms with Gasteiger partial charge in [0.2, 0.25) is 5.82 Å². The van der Waals surface area contributed by atoms with Gasteiger partial charge in [-0.15, -0.1) is 0 Å². The summed E-state index contributed by atoms with van der Waals surface area (Å²) in [5, 5.41) is 14.4. The highest BCUT2D eigenvalue weighted by Gasteiger charge is 2.16. The highest BCUT2D eigenvalue weighted by molar-refractivity contribution is 5.51. The number of unbranched alkanes of at least 4 members (excludes halogenated alkanes) is 3. The van der Waals surface area contributed by atoms with Crippen LogP contribution >= 0.6 is 0 Å². The van der Waals surface area contributed by atoms with E-state index in [0.717, 1.165) is 19.3 Å². The van der Waals surface area contributed by atoms with Crippen LogP contribution in [-0.4, -0.2) is 14.7 Å². The standard InChI is InChI=1S/C9H16N4O2/c1-2-3-4-5-6-12-9(10)8(7-11-12)13(14)15/h7H,2-6,10H2,1H3. The molecule has 0 bridgehead atoms. The zero-order chi connectivity index (χ0) is 11.3. The van der Waals surface area contributed by atoms with E-state index in [1.807, 2.05) is 0 Å². The zero-order valence-corrected chi connectivity index (χ0v) is 8.85. The minimum absolute atomic E-state index is 0.106. The van der Waals surface area contributed by atoms with Crippen molar-refractivity contribution in [2.24, 2.45) is 0 Å². The summed E-state index contributed by atoms with van der Waals surface area (Å²) in [7, 11) is 0. The molecule has 0 aliphatic heterocycles. The summed E-state index contributed by atoms with van der Waals surface area (Å²) in [6, 6.07) is 0. The average Bonchev–Trinajstić information content (AvgIpc) is 2.55. The molecule has 84 valence electrons. The number of nitrogens with zero attached hydrogens (tertiary/aromatic N) is 3. The Morgan fingerprint density at radius 1 is 1.53 bits per heavy atom. The van der Waals surface area contributed by atoms with E-state index < -0.39 is 4.92 Å². The lowest BCUT2D eigenvalue weighted by molar-refractivity contribution is -0.384. The smallest absolute Gasteiger partial charge is 0.330 e. The number of nitrogens with two attached hydrogens (primary N) is 1. The first-order valence-corrected chi connectivity index (χ1v) is 5.12. The second kappa shape index (κ2) is 5.33. The Labute approximate surface area is 88.2 Å². The van der Waals surface area contributed by atoms with Crippen molar-refractivity contribution in [2.45, 2.75) is 39.2 Å². The number of aryl methyl sites for hydroxylation is 1. The van der Waals surface area contributed by atoms with Crippen molar-refractivity contribution < 1.29 is 4.92 Å². The molecule has 1 aromatic rings. The third-order valence-corrected chi connectivity index (χ3v) is 2.28. The topological polar surface area (TPSA) is 87.0 Å². The second-order valence-electron chi connectivity index (χ2n) is 3.46. The molecule has 0 radical (unpaired) electrons. The fraction of sp³-hybridized carbons (Fsp3) is 0.667. The lowest BCUT2D eigenvalue weighted by atomic mass is 10.2. The van der Waals surface area contributed by atoms with Crippen molar-refractivity contribution in [3.05, 3.63) is 16.3 Å². The van der Waals surface area contributed by atoms with Gasteiger partial charge < -0.3 is 5.73 Å². The van der Waals surface area contributed by atoms with Crippen LogP contribution < -0.4 is 5.73 Å². The van der Waals surface area contributed by atoms with Gasteiger partial charge in [0, 0.05) is 6.54 Å². The van der Waals surface area contributed by atoms with Gasteiger partial charge in [0.1, 0.15) is 6.20 Å². The highest BCUT2D eigenvalue weighted by Crippen LogP contribution is 2.20. The van der Waals surface area contributed by atoms with Gasteiger partial charge in [0.15, 0.2) is 0 Å². The Kier molecular flexibility index (Phi) is 4.08. The summed E-state index contributed by atoms with van der Waals surface area (Å²) < 4.78 is 1.49. The first-order valence-electron chi connectivity index (χ1n) is 5.12. The van der Waals surface area contributed by atoms with Crippen LogP contribution in [0.2, 0.25) is 0 Å². The molecule has 0 spiro atoms. The van der Waals surface area contributed by atoms with E-state index in [-0.39, 0.29) is 11.5 Å². The molecule has 0 fully saturated rings. The minimum atomic E-state index is -0.509. The van der Waals surface area contributed by atoms with Crippen LogP contribution in [0.1, 0.15) is 32.6 Å². The first kappa shape index (κ1) is 11.5. The third kappa shape index (κ3) is 2.93. The van der Waals surface area contributed by atoms with Crippen LogP contribution in [0, 0.1) is 10.1 Å². The number of hydrogen-bond acceptors (Lipinski definition) is 4. The lowest BCUT2D eigenvalue weighted by Crippen LogP contribution is -2.05. The van der Waals surface area contributed by atoms with Crippen LogP contribution in [0.25, 0.3) is 0 Å². The van der Waals surface area contributed by atoms with Crippen molar-refractivity contribution in [1.29, 1.82) is 0 Å². The summed E-state index contributed by atoms with van der Waals surface area (Å²) in [4.78, 5) is 9.97. The van der Waals surface area contributed by atoms with Crippen molar-refractivity contribution in [3.63, 3.8) is 0 Å². The van der Waals surface area contributed by atoms with Gasteiger partial charge in [-0.1, -0.05) is 26.2 Å². The zero-order valence-electron chi connectivity index (χ0n) is 8.85. The Hall–Kier alpha value is -1.59. The Morgan fingerprint density at radius 3 is 2.80 bits per heavy atom. The molecular weight excluding hydrogens is 196 g/mol. The van der Waals surface area contributed by atoms with Crippen molar-refractivity contribution in [2.75, 3.05) is 5.73 Å². The number of rotatable bonds is 6. The molecule has 1 rings (SSSR count). The number of hydrogen-bond donors (Lipinski definition) is 1. The van der Waals surface area contributed by atoms with Crippen LogP contribution in [-0.2, 0) is 6.54 Å². The molecule has 6 nitrogen and oxygen atoms in total. The van der Waals surface area contributed by atoms with Crippen LogP contribution in [0.3, 0.4) is 0 Å². The maximum Gasteiger partial charge on any atom is 0.330 e. The summed E-state index contributed by atoms with van der Waals surface area (Å²) in [6.07, 6.45) is 5.59. The van der Waals surface area contributed by atoms with E-state index in [9.17, 15) is 10.1 Å². The molecule has 0 unspecified atom stereocenters. The molecule has 0 aliphatic carbocycles. The van der Waals surface area contributed by atoms with E-state index in [0.29, 0.717) is 6.54 Å². The first-order chi connectivity index (χ1) is 7.16. The Bertz CT molecular complexity index is 335. The molecular formula is C9H16N4O2. The minimum Gasteiger partial charge on any atom is -0.378 e. The molecule has 0 amide bonds. The van der Waals surface area contributed by atoms with Gasteiger partial charge in [-0.05, 0) is 6.42 Å². The second-order valence-corrected chi connectivity index (χ2v) is 3.46. The van der Waals surface area contributed by atoms with E-state index in [4.69, 9.17) is 5.73 Å². The van der Waals surface area contributed by atoms with Gasteiger partial charge in [-0.2, -0.15) is 5.10 Å². The van der Waals surface area contributed by atoms with Gasteiger partial charge in [-0.3, -0.25) is 10.1 Å². The predicted octanol–water partition coefficient (Wildman–Crippen LogP) is 1.95. The molecule has 15 heavy (non-hydrogen) atoms. The number of nitrogen functional groups attached to an aromatic ring is 1. The van der Waals surface area contributed by atoms with Crippen molar-refractivity contribution in [3.8, 4) is 0 Å². The summed E-state index contributed by atoms with van der Waals surface area (Å²) >= 11 is 0. The largest absolute Gasteiger partial charge is 0.378 e. The molecule has 0 saturated carbocycles.